The van der Waals surface area contributed by atoms with Crippen LogP contribution in [-0.2, 0) is 4.74 Å². The largest absolute Gasteiger partial charge is 0.493 e. The number of rotatable bonds is 1. The molecule has 0 spiro atoms. The number of hydrogen-bond acceptors (Lipinski definition) is 4. The van der Waals surface area contributed by atoms with Crippen LogP contribution in [0.4, 0.5) is 0 Å². The Morgan fingerprint density at radius 3 is 2.85 bits per heavy atom. The fraction of sp³-hybridized carbons (Fsp3) is 0.625. The molecule has 1 aliphatic rings. The van der Waals surface area contributed by atoms with Gasteiger partial charge in [0.25, 0.3) is 0 Å². The molecule has 13 heavy (non-hydrogen) atoms. The van der Waals surface area contributed by atoms with Gasteiger partial charge in [0.1, 0.15) is 12.1 Å². The second-order valence-electron chi connectivity index (χ2n) is 3.26. The molecular weight excluding hydrogens is 172 g/mol. The van der Waals surface area contributed by atoms with Crippen LogP contribution < -0.4 is 0 Å². The maximum atomic E-state index is 9.48. The van der Waals surface area contributed by atoms with Crippen LogP contribution in [-0.4, -0.2) is 39.3 Å². The van der Waals surface area contributed by atoms with Crippen molar-refractivity contribution < 1.29 is 14.9 Å². The van der Waals surface area contributed by atoms with Crippen molar-refractivity contribution in [2.45, 2.75) is 19.1 Å². The van der Waals surface area contributed by atoms with Crippen molar-refractivity contribution in [2.75, 3.05) is 13.2 Å². The zero-order valence-corrected chi connectivity index (χ0v) is 7.34. The zero-order valence-electron chi connectivity index (χ0n) is 7.34. The molecule has 0 aliphatic carbocycles. The monoisotopic (exact) mass is 184 g/mol. The van der Waals surface area contributed by atoms with Crippen molar-refractivity contribution in [1.29, 1.82) is 0 Å². The first-order valence-corrected chi connectivity index (χ1v) is 4.19. The quantitative estimate of drug-likeness (QED) is 0.635. The van der Waals surface area contributed by atoms with Gasteiger partial charge in [-0.1, -0.05) is 0 Å². The highest BCUT2D eigenvalue weighted by Crippen LogP contribution is 2.24. The zero-order chi connectivity index (χ0) is 9.42. The Balaban J connectivity index is 2.28. The first-order chi connectivity index (χ1) is 6.18. The molecule has 5 nitrogen and oxygen atoms in total. The summed E-state index contributed by atoms with van der Waals surface area (Å²) in [5.74, 6) is 0.0760. The van der Waals surface area contributed by atoms with Crippen LogP contribution in [0.1, 0.15) is 11.7 Å². The Bertz CT molecular complexity index is 310. The van der Waals surface area contributed by atoms with E-state index in [0.29, 0.717) is 13.2 Å². The van der Waals surface area contributed by atoms with Crippen molar-refractivity contribution >= 4 is 0 Å². The van der Waals surface area contributed by atoms with Crippen LogP contribution in [0.25, 0.3) is 0 Å². The molecule has 1 aromatic heterocycles. The van der Waals surface area contributed by atoms with Crippen LogP contribution in [0.2, 0.25) is 0 Å². The highest BCUT2D eigenvalue weighted by Gasteiger charge is 2.30. The summed E-state index contributed by atoms with van der Waals surface area (Å²) in [6, 6.07) is 1.30. The molecule has 1 fully saturated rings. The standard InChI is InChI=1S/C8H12N2O3/c1-5-2-8(12)10(9-5)6-3-13-4-7(6)11/h2,6-7,11-12H,3-4H2,1H3/t6-,7-/m0/s1. The van der Waals surface area contributed by atoms with E-state index in [9.17, 15) is 10.2 Å². The molecule has 0 aromatic carbocycles. The molecule has 1 aliphatic heterocycles. The van der Waals surface area contributed by atoms with Crippen LogP contribution in [0.15, 0.2) is 6.07 Å². The molecular formula is C8H12N2O3. The van der Waals surface area contributed by atoms with Gasteiger partial charge in [0, 0.05) is 6.07 Å². The molecule has 2 rings (SSSR count). The Morgan fingerprint density at radius 2 is 2.38 bits per heavy atom. The first kappa shape index (κ1) is 8.52. The average Bonchev–Trinajstić information content (AvgIpc) is 2.58. The molecule has 5 heteroatoms. The highest BCUT2D eigenvalue weighted by molar-refractivity contribution is 5.14. The summed E-state index contributed by atoms with van der Waals surface area (Å²) >= 11 is 0. The fourth-order valence-corrected chi connectivity index (χ4v) is 1.51. The summed E-state index contributed by atoms with van der Waals surface area (Å²) in [6.45, 7) is 2.50. The molecule has 2 atom stereocenters. The van der Waals surface area contributed by atoms with E-state index in [1.807, 2.05) is 0 Å². The molecule has 0 bridgehead atoms. The van der Waals surface area contributed by atoms with Crippen molar-refractivity contribution in [2.24, 2.45) is 0 Å². The predicted molar refractivity (Wildman–Crippen MR) is 44.5 cm³/mol. The Hall–Kier alpha value is -1.07. The van der Waals surface area contributed by atoms with Gasteiger partial charge in [-0.05, 0) is 6.92 Å². The maximum absolute atomic E-state index is 9.48. The number of aliphatic hydroxyl groups excluding tert-OH is 1. The normalized spacial score (nSPS) is 28.2. The summed E-state index contributed by atoms with van der Waals surface area (Å²) in [5.41, 5.74) is 0.733. The maximum Gasteiger partial charge on any atom is 0.209 e. The summed E-state index contributed by atoms with van der Waals surface area (Å²) in [5, 5.41) is 23.0. The summed E-state index contributed by atoms with van der Waals surface area (Å²) in [4.78, 5) is 0. The summed E-state index contributed by atoms with van der Waals surface area (Å²) < 4.78 is 6.48. The third-order valence-corrected chi connectivity index (χ3v) is 2.17. The van der Waals surface area contributed by atoms with Gasteiger partial charge in [-0.15, -0.1) is 0 Å². The fourth-order valence-electron chi connectivity index (χ4n) is 1.51. The molecule has 0 saturated carbocycles. The van der Waals surface area contributed by atoms with E-state index in [2.05, 4.69) is 5.10 Å². The van der Waals surface area contributed by atoms with Crippen molar-refractivity contribution in [3.05, 3.63) is 11.8 Å². The lowest BCUT2D eigenvalue weighted by Crippen LogP contribution is -2.22. The number of ether oxygens (including phenoxy) is 1. The average molecular weight is 184 g/mol. The van der Waals surface area contributed by atoms with Crippen molar-refractivity contribution in [3.63, 3.8) is 0 Å². The lowest BCUT2D eigenvalue weighted by Gasteiger charge is -2.13. The van der Waals surface area contributed by atoms with E-state index in [1.54, 1.807) is 13.0 Å². The Labute approximate surface area is 75.6 Å². The van der Waals surface area contributed by atoms with Crippen LogP contribution in [0.5, 0.6) is 5.88 Å². The number of aliphatic hydroxyl groups is 1. The van der Waals surface area contributed by atoms with Gasteiger partial charge in [0.2, 0.25) is 5.88 Å². The van der Waals surface area contributed by atoms with Gasteiger partial charge < -0.3 is 14.9 Å². The number of aromatic nitrogens is 2. The van der Waals surface area contributed by atoms with Crippen molar-refractivity contribution in [1.82, 2.24) is 9.78 Å². The van der Waals surface area contributed by atoms with Gasteiger partial charge >= 0.3 is 0 Å². The number of aromatic hydroxyl groups is 1. The SMILES string of the molecule is Cc1cc(O)n([C@H]2COC[C@@H]2O)n1. The van der Waals surface area contributed by atoms with Gasteiger partial charge in [-0.3, -0.25) is 0 Å². The molecule has 2 heterocycles. The molecule has 1 aromatic rings. The molecule has 72 valence electrons. The molecule has 0 radical (unpaired) electrons. The second-order valence-corrected chi connectivity index (χ2v) is 3.26. The third-order valence-electron chi connectivity index (χ3n) is 2.17. The topological polar surface area (TPSA) is 67.5 Å². The summed E-state index contributed by atoms with van der Waals surface area (Å²) in [7, 11) is 0. The van der Waals surface area contributed by atoms with E-state index < -0.39 is 6.10 Å². The number of nitrogens with zero attached hydrogens (tertiary/aromatic N) is 2. The van der Waals surface area contributed by atoms with Gasteiger partial charge in [0.15, 0.2) is 0 Å². The smallest absolute Gasteiger partial charge is 0.209 e. The third kappa shape index (κ3) is 1.40. The lowest BCUT2D eigenvalue weighted by atomic mass is 10.2. The minimum Gasteiger partial charge on any atom is -0.493 e. The van der Waals surface area contributed by atoms with E-state index in [-0.39, 0.29) is 11.9 Å². The van der Waals surface area contributed by atoms with Crippen LogP contribution in [0, 0.1) is 6.92 Å². The van der Waals surface area contributed by atoms with Crippen molar-refractivity contribution in [3.8, 4) is 5.88 Å². The van der Waals surface area contributed by atoms with E-state index >= 15 is 0 Å². The molecule has 0 amide bonds. The Kier molecular flexibility index (Phi) is 1.97. The highest BCUT2D eigenvalue weighted by atomic mass is 16.5. The van der Waals surface area contributed by atoms with Gasteiger partial charge in [-0.25, -0.2) is 4.68 Å². The lowest BCUT2D eigenvalue weighted by molar-refractivity contribution is 0.116. The number of aryl methyl sites for hydroxylation is 1. The number of hydrogen-bond donors (Lipinski definition) is 2. The predicted octanol–water partition coefficient (Wildman–Crippen LogP) is -0.171. The molecule has 2 N–H and O–H groups in total. The van der Waals surface area contributed by atoms with E-state index in [0.717, 1.165) is 5.69 Å². The van der Waals surface area contributed by atoms with Gasteiger partial charge in [-0.2, -0.15) is 5.10 Å². The van der Waals surface area contributed by atoms with Crippen LogP contribution in [0.3, 0.4) is 0 Å². The van der Waals surface area contributed by atoms with E-state index in [4.69, 9.17) is 4.74 Å². The minimum atomic E-state index is -0.579. The first-order valence-electron chi connectivity index (χ1n) is 4.19. The molecule has 1 saturated heterocycles. The van der Waals surface area contributed by atoms with E-state index in [1.165, 1.54) is 4.68 Å². The van der Waals surface area contributed by atoms with Gasteiger partial charge in [0.05, 0.1) is 18.9 Å². The van der Waals surface area contributed by atoms with Crippen LogP contribution >= 0.6 is 0 Å². The molecule has 0 unspecified atom stereocenters. The second kappa shape index (κ2) is 3.01. The minimum absolute atomic E-state index is 0.0760. The Morgan fingerprint density at radius 1 is 1.62 bits per heavy atom. The summed E-state index contributed by atoms with van der Waals surface area (Å²) in [6.07, 6.45) is -0.579.